The smallest absolute Gasteiger partial charge is 0.120 e. The van der Waals surface area contributed by atoms with Crippen LogP contribution in [0.15, 0.2) is 48.5 Å². The van der Waals surface area contributed by atoms with Gasteiger partial charge < -0.3 is 5.11 Å². The second kappa shape index (κ2) is 5.87. The van der Waals surface area contributed by atoms with Crippen LogP contribution in [0.2, 0.25) is 0 Å². The van der Waals surface area contributed by atoms with Crippen LogP contribution in [-0.2, 0) is 4.89 Å². The van der Waals surface area contributed by atoms with Crippen molar-refractivity contribution in [1.29, 1.82) is 0 Å². The summed E-state index contributed by atoms with van der Waals surface area (Å²) < 4.78 is 0. The van der Waals surface area contributed by atoms with Crippen molar-refractivity contribution in [3.8, 4) is 16.9 Å². The summed E-state index contributed by atoms with van der Waals surface area (Å²) in [6, 6.07) is 14.9. The molecule has 0 fully saturated rings. The first kappa shape index (κ1) is 13.6. The van der Waals surface area contributed by atoms with E-state index in [4.69, 9.17) is 5.26 Å². The Morgan fingerprint density at radius 3 is 1.74 bits per heavy atom. The fourth-order valence-corrected chi connectivity index (χ4v) is 2.09. The zero-order valence-electron chi connectivity index (χ0n) is 11.1. The minimum absolute atomic E-state index is 0.199. The predicted molar refractivity (Wildman–Crippen MR) is 74.8 cm³/mol. The Labute approximate surface area is 113 Å². The molecule has 2 aromatic carbocycles. The van der Waals surface area contributed by atoms with Crippen LogP contribution in [-0.4, -0.2) is 10.4 Å². The molecule has 2 rings (SSSR count). The lowest BCUT2D eigenvalue weighted by atomic mass is 9.96. The van der Waals surface area contributed by atoms with E-state index in [0.29, 0.717) is 0 Å². The lowest BCUT2D eigenvalue weighted by Crippen LogP contribution is -2.08. The van der Waals surface area contributed by atoms with E-state index >= 15 is 0 Å². The van der Waals surface area contributed by atoms with Crippen LogP contribution in [0.25, 0.3) is 11.1 Å². The molecule has 0 saturated heterocycles. The number of hydrogen-bond acceptors (Lipinski definition) is 3. The number of phenolic OH excluding ortho intramolecular Hbond substituents is 1. The Kier molecular flexibility index (Phi) is 4.20. The van der Waals surface area contributed by atoms with Crippen molar-refractivity contribution in [2.45, 2.75) is 20.0 Å². The van der Waals surface area contributed by atoms with Crippen LogP contribution in [0.1, 0.15) is 25.5 Å². The molecule has 0 bridgehead atoms. The maximum absolute atomic E-state index is 9.27. The number of rotatable bonds is 4. The highest BCUT2D eigenvalue weighted by Crippen LogP contribution is 2.28. The number of phenols is 1. The minimum Gasteiger partial charge on any atom is -0.508 e. The molecule has 1 unspecified atom stereocenters. The van der Waals surface area contributed by atoms with Gasteiger partial charge in [0.25, 0.3) is 0 Å². The van der Waals surface area contributed by atoms with E-state index in [9.17, 15) is 5.11 Å². The number of aromatic hydroxyl groups is 1. The molecule has 0 heterocycles. The van der Waals surface area contributed by atoms with E-state index in [2.05, 4.69) is 4.89 Å². The van der Waals surface area contributed by atoms with E-state index in [1.54, 1.807) is 12.1 Å². The standard InChI is InChI=1S/C16H18O3/c1-11(2)16(19-18)14-5-3-12(4-6-14)13-7-9-15(17)10-8-13/h3-11,16-18H,1-2H3. The third kappa shape index (κ3) is 3.13. The monoisotopic (exact) mass is 258 g/mol. The summed E-state index contributed by atoms with van der Waals surface area (Å²) in [5.41, 5.74) is 3.04. The highest BCUT2D eigenvalue weighted by molar-refractivity contribution is 5.64. The molecule has 0 aliphatic carbocycles. The highest BCUT2D eigenvalue weighted by Gasteiger charge is 2.16. The fraction of sp³-hybridized carbons (Fsp3) is 0.250. The third-order valence-corrected chi connectivity index (χ3v) is 3.16. The predicted octanol–water partition coefficient (Wildman–Crippen LogP) is 4.25. The Bertz CT molecular complexity index is 515. The Hall–Kier alpha value is -1.84. The lowest BCUT2D eigenvalue weighted by Gasteiger charge is -2.17. The molecule has 3 heteroatoms. The van der Waals surface area contributed by atoms with Crippen LogP contribution in [0.4, 0.5) is 0 Å². The highest BCUT2D eigenvalue weighted by atomic mass is 17.1. The first-order valence-electron chi connectivity index (χ1n) is 6.31. The van der Waals surface area contributed by atoms with Gasteiger partial charge in [-0.2, -0.15) is 0 Å². The molecule has 0 aromatic heterocycles. The van der Waals surface area contributed by atoms with Gasteiger partial charge in [0.15, 0.2) is 0 Å². The zero-order chi connectivity index (χ0) is 13.8. The molecule has 19 heavy (non-hydrogen) atoms. The number of hydrogen-bond donors (Lipinski definition) is 2. The van der Waals surface area contributed by atoms with Crippen LogP contribution < -0.4 is 0 Å². The lowest BCUT2D eigenvalue weighted by molar-refractivity contribution is -0.291. The molecule has 0 radical (unpaired) electrons. The second-order valence-electron chi connectivity index (χ2n) is 4.94. The van der Waals surface area contributed by atoms with Crippen LogP contribution in [0, 0.1) is 5.92 Å². The van der Waals surface area contributed by atoms with Crippen molar-refractivity contribution >= 4 is 0 Å². The summed E-state index contributed by atoms with van der Waals surface area (Å²) in [6.07, 6.45) is -0.311. The summed E-state index contributed by atoms with van der Waals surface area (Å²) in [6.45, 7) is 3.99. The van der Waals surface area contributed by atoms with Gasteiger partial charge in [-0.3, -0.25) is 5.26 Å². The SMILES string of the molecule is CC(C)C(OO)c1ccc(-c2ccc(O)cc2)cc1. The van der Waals surface area contributed by atoms with Crippen molar-refractivity contribution in [2.75, 3.05) is 0 Å². The molecule has 100 valence electrons. The van der Waals surface area contributed by atoms with Gasteiger partial charge in [-0.1, -0.05) is 50.2 Å². The molecular formula is C16H18O3. The maximum atomic E-state index is 9.27. The summed E-state index contributed by atoms with van der Waals surface area (Å²) >= 11 is 0. The third-order valence-electron chi connectivity index (χ3n) is 3.16. The van der Waals surface area contributed by atoms with Crippen molar-refractivity contribution in [2.24, 2.45) is 5.92 Å². The molecule has 0 amide bonds. The van der Waals surface area contributed by atoms with Gasteiger partial charge in [-0.25, -0.2) is 4.89 Å². The molecule has 2 N–H and O–H groups in total. The van der Waals surface area contributed by atoms with Crippen LogP contribution in [0.3, 0.4) is 0 Å². The Morgan fingerprint density at radius 1 is 0.842 bits per heavy atom. The van der Waals surface area contributed by atoms with Gasteiger partial charge in [0.05, 0.1) is 0 Å². The molecule has 0 spiro atoms. The number of benzene rings is 2. The van der Waals surface area contributed by atoms with E-state index in [-0.39, 0.29) is 17.8 Å². The van der Waals surface area contributed by atoms with Gasteiger partial charge in [0.2, 0.25) is 0 Å². The van der Waals surface area contributed by atoms with Gasteiger partial charge in [0, 0.05) is 0 Å². The Morgan fingerprint density at radius 2 is 1.32 bits per heavy atom. The van der Waals surface area contributed by atoms with Crippen molar-refractivity contribution in [1.82, 2.24) is 0 Å². The summed E-state index contributed by atoms with van der Waals surface area (Å²) in [7, 11) is 0. The van der Waals surface area contributed by atoms with E-state index < -0.39 is 0 Å². The Balaban J connectivity index is 2.25. The van der Waals surface area contributed by atoms with Gasteiger partial charge >= 0.3 is 0 Å². The maximum Gasteiger partial charge on any atom is 0.120 e. The molecule has 0 aliphatic heterocycles. The summed E-state index contributed by atoms with van der Waals surface area (Å²) in [5, 5.41) is 18.2. The quantitative estimate of drug-likeness (QED) is 0.636. The van der Waals surface area contributed by atoms with Gasteiger partial charge in [-0.05, 0) is 34.7 Å². The van der Waals surface area contributed by atoms with E-state index in [0.717, 1.165) is 16.7 Å². The second-order valence-corrected chi connectivity index (χ2v) is 4.94. The molecular weight excluding hydrogens is 240 g/mol. The topological polar surface area (TPSA) is 49.7 Å². The largest absolute Gasteiger partial charge is 0.508 e. The van der Waals surface area contributed by atoms with Crippen molar-refractivity contribution in [3.05, 3.63) is 54.1 Å². The van der Waals surface area contributed by atoms with Gasteiger partial charge in [-0.15, -0.1) is 0 Å². The van der Waals surface area contributed by atoms with Crippen LogP contribution in [0.5, 0.6) is 5.75 Å². The van der Waals surface area contributed by atoms with Crippen molar-refractivity contribution in [3.63, 3.8) is 0 Å². The molecule has 0 aliphatic rings. The van der Waals surface area contributed by atoms with Crippen molar-refractivity contribution < 1.29 is 15.3 Å². The van der Waals surface area contributed by atoms with E-state index in [1.165, 1.54) is 0 Å². The first-order valence-corrected chi connectivity index (χ1v) is 6.31. The molecule has 0 saturated carbocycles. The van der Waals surface area contributed by atoms with E-state index in [1.807, 2.05) is 50.2 Å². The first-order chi connectivity index (χ1) is 9.11. The summed E-state index contributed by atoms with van der Waals surface area (Å²) in [5.74, 6) is 0.457. The fourth-order valence-electron chi connectivity index (χ4n) is 2.09. The molecule has 2 aromatic rings. The average molecular weight is 258 g/mol. The van der Waals surface area contributed by atoms with Gasteiger partial charge in [0.1, 0.15) is 11.9 Å². The van der Waals surface area contributed by atoms with Crippen LogP contribution >= 0.6 is 0 Å². The normalized spacial score (nSPS) is 12.6. The minimum atomic E-state index is -0.311. The summed E-state index contributed by atoms with van der Waals surface area (Å²) in [4.78, 5) is 4.53. The zero-order valence-corrected chi connectivity index (χ0v) is 11.1. The molecule has 3 nitrogen and oxygen atoms in total. The molecule has 1 atom stereocenters. The average Bonchev–Trinajstić information content (AvgIpc) is 2.41.